The van der Waals surface area contributed by atoms with E-state index in [1.165, 1.54) is 5.39 Å². The van der Waals surface area contributed by atoms with E-state index in [1.54, 1.807) is 6.20 Å². The third kappa shape index (κ3) is 1.86. The van der Waals surface area contributed by atoms with Crippen molar-refractivity contribution in [3.8, 4) is 0 Å². The first kappa shape index (κ1) is 11.0. The Bertz CT molecular complexity index is 421. The monoisotopic (exact) mass is 208 g/mol. The van der Waals surface area contributed by atoms with Crippen LogP contribution in [0.15, 0.2) is 36.7 Å². The molecule has 74 valence electrons. The maximum Gasteiger partial charge on any atom is 0.0349 e. The van der Waals surface area contributed by atoms with Crippen molar-refractivity contribution in [2.24, 2.45) is 5.73 Å². The molecule has 14 heavy (non-hydrogen) atoms. The third-order valence-corrected chi connectivity index (χ3v) is 2.21. The topological polar surface area (TPSA) is 38.9 Å². The Balaban J connectivity index is 0.000000980. The smallest absolute Gasteiger partial charge is 0.0349 e. The SMILES string of the molecule is C[C@H](N)c1cccc2ccncc12.Cl. The molecule has 2 nitrogen and oxygen atoms in total. The van der Waals surface area contributed by atoms with Gasteiger partial charge in [0.15, 0.2) is 0 Å². The number of benzene rings is 1. The fourth-order valence-corrected chi connectivity index (χ4v) is 1.53. The van der Waals surface area contributed by atoms with Crippen molar-refractivity contribution < 1.29 is 0 Å². The van der Waals surface area contributed by atoms with Gasteiger partial charge >= 0.3 is 0 Å². The predicted molar refractivity (Wildman–Crippen MR) is 61.6 cm³/mol. The Kier molecular flexibility index (Phi) is 3.44. The van der Waals surface area contributed by atoms with Gasteiger partial charge in [-0.15, -0.1) is 12.4 Å². The minimum atomic E-state index is 0. The highest BCUT2D eigenvalue weighted by molar-refractivity contribution is 5.85. The summed E-state index contributed by atoms with van der Waals surface area (Å²) in [5, 5.41) is 2.35. The van der Waals surface area contributed by atoms with Gasteiger partial charge in [0.25, 0.3) is 0 Å². The molecule has 0 aliphatic heterocycles. The fraction of sp³-hybridized carbons (Fsp3) is 0.182. The van der Waals surface area contributed by atoms with Gasteiger partial charge in [0.2, 0.25) is 0 Å². The van der Waals surface area contributed by atoms with E-state index in [1.807, 2.05) is 25.3 Å². The number of hydrogen-bond donors (Lipinski definition) is 1. The van der Waals surface area contributed by atoms with E-state index in [9.17, 15) is 0 Å². The average Bonchev–Trinajstić information content (AvgIpc) is 2.17. The summed E-state index contributed by atoms with van der Waals surface area (Å²) in [6.45, 7) is 1.99. The molecule has 1 aromatic carbocycles. The number of pyridine rings is 1. The molecular formula is C11H13ClN2. The summed E-state index contributed by atoms with van der Waals surface area (Å²) in [5.41, 5.74) is 7.01. The zero-order valence-corrected chi connectivity index (χ0v) is 8.79. The maximum atomic E-state index is 5.85. The van der Waals surface area contributed by atoms with Crippen molar-refractivity contribution in [2.75, 3.05) is 0 Å². The summed E-state index contributed by atoms with van der Waals surface area (Å²) < 4.78 is 0. The molecule has 0 bridgehead atoms. The number of fused-ring (bicyclic) bond motifs is 1. The van der Waals surface area contributed by atoms with E-state index in [0.717, 1.165) is 10.9 Å². The van der Waals surface area contributed by atoms with Gasteiger partial charge in [-0.25, -0.2) is 0 Å². The van der Waals surface area contributed by atoms with Gasteiger partial charge in [0, 0.05) is 23.8 Å². The van der Waals surface area contributed by atoms with Gasteiger partial charge < -0.3 is 5.73 Å². The van der Waals surface area contributed by atoms with Crippen LogP contribution in [-0.2, 0) is 0 Å². The number of nitrogens with zero attached hydrogens (tertiary/aromatic N) is 1. The first-order chi connectivity index (χ1) is 6.29. The summed E-state index contributed by atoms with van der Waals surface area (Å²) in [6, 6.07) is 8.22. The number of hydrogen-bond acceptors (Lipinski definition) is 2. The maximum absolute atomic E-state index is 5.85. The second-order valence-corrected chi connectivity index (χ2v) is 3.23. The van der Waals surface area contributed by atoms with Crippen LogP contribution in [0.25, 0.3) is 10.8 Å². The second-order valence-electron chi connectivity index (χ2n) is 3.23. The van der Waals surface area contributed by atoms with Crippen molar-refractivity contribution in [3.63, 3.8) is 0 Å². The van der Waals surface area contributed by atoms with Gasteiger partial charge in [-0.05, 0) is 23.9 Å². The van der Waals surface area contributed by atoms with Gasteiger partial charge in [0.1, 0.15) is 0 Å². The Hall–Kier alpha value is -1.12. The standard InChI is InChI=1S/C11H12N2.ClH/c1-8(12)10-4-2-3-9-5-6-13-7-11(9)10;/h2-8H,12H2,1H3;1H/t8-;/m0./s1. The average molecular weight is 209 g/mol. The summed E-state index contributed by atoms with van der Waals surface area (Å²) in [4.78, 5) is 4.10. The number of nitrogens with two attached hydrogens (primary N) is 1. The molecule has 0 spiro atoms. The molecule has 0 radical (unpaired) electrons. The fourth-order valence-electron chi connectivity index (χ4n) is 1.53. The van der Waals surface area contributed by atoms with Crippen LogP contribution in [0.1, 0.15) is 18.5 Å². The van der Waals surface area contributed by atoms with Gasteiger partial charge in [-0.3, -0.25) is 4.98 Å². The number of halogens is 1. The van der Waals surface area contributed by atoms with E-state index in [-0.39, 0.29) is 18.4 Å². The Morgan fingerprint density at radius 1 is 1.29 bits per heavy atom. The molecule has 1 heterocycles. The molecule has 1 aromatic heterocycles. The first-order valence-electron chi connectivity index (χ1n) is 4.37. The zero-order valence-electron chi connectivity index (χ0n) is 7.97. The molecule has 2 N–H and O–H groups in total. The lowest BCUT2D eigenvalue weighted by Gasteiger charge is -2.08. The summed E-state index contributed by atoms with van der Waals surface area (Å²) in [5.74, 6) is 0. The normalized spacial score (nSPS) is 12.1. The summed E-state index contributed by atoms with van der Waals surface area (Å²) >= 11 is 0. The molecule has 1 atom stereocenters. The Morgan fingerprint density at radius 3 is 2.79 bits per heavy atom. The minimum absolute atomic E-state index is 0. The molecule has 0 saturated heterocycles. The lowest BCUT2D eigenvalue weighted by Crippen LogP contribution is -2.05. The van der Waals surface area contributed by atoms with Crippen LogP contribution in [0.4, 0.5) is 0 Å². The molecule has 0 unspecified atom stereocenters. The van der Waals surface area contributed by atoms with Crippen molar-refractivity contribution in [3.05, 3.63) is 42.2 Å². The van der Waals surface area contributed by atoms with Crippen LogP contribution in [0.3, 0.4) is 0 Å². The van der Waals surface area contributed by atoms with Crippen LogP contribution in [0, 0.1) is 0 Å². The van der Waals surface area contributed by atoms with Crippen LogP contribution in [-0.4, -0.2) is 4.98 Å². The lowest BCUT2D eigenvalue weighted by atomic mass is 10.0. The van der Waals surface area contributed by atoms with Crippen molar-refractivity contribution >= 4 is 23.2 Å². The van der Waals surface area contributed by atoms with E-state index >= 15 is 0 Å². The predicted octanol–water partition coefficient (Wildman–Crippen LogP) is 2.68. The molecule has 2 aromatic rings. The molecule has 3 heteroatoms. The molecule has 0 saturated carbocycles. The third-order valence-electron chi connectivity index (χ3n) is 2.21. The molecule has 2 rings (SSSR count). The largest absolute Gasteiger partial charge is 0.324 e. The van der Waals surface area contributed by atoms with E-state index in [0.29, 0.717) is 0 Å². The number of rotatable bonds is 1. The Morgan fingerprint density at radius 2 is 2.07 bits per heavy atom. The first-order valence-corrected chi connectivity index (χ1v) is 4.37. The highest BCUT2D eigenvalue weighted by atomic mass is 35.5. The van der Waals surface area contributed by atoms with E-state index in [2.05, 4.69) is 17.1 Å². The van der Waals surface area contributed by atoms with Crippen molar-refractivity contribution in [1.82, 2.24) is 4.98 Å². The van der Waals surface area contributed by atoms with E-state index in [4.69, 9.17) is 5.73 Å². The van der Waals surface area contributed by atoms with Crippen LogP contribution in [0.2, 0.25) is 0 Å². The van der Waals surface area contributed by atoms with Crippen LogP contribution in [0.5, 0.6) is 0 Å². The summed E-state index contributed by atoms with van der Waals surface area (Å²) in [7, 11) is 0. The van der Waals surface area contributed by atoms with Gasteiger partial charge in [0.05, 0.1) is 0 Å². The Labute approximate surface area is 89.6 Å². The van der Waals surface area contributed by atoms with Crippen molar-refractivity contribution in [2.45, 2.75) is 13.0 Å². The zero-order chi connectivity index (χ0) is 9.26. The quantitative estimate of drug-likeness (QED) is 0.783. The molecule has 0 aliphatic rings. The molecule has 0 fully saturated rings. The van der Waals surface area contributed by atoms with Crippen LogP contribution < -0.4 is 5.73 Å². The lowest BCUT2D eigenvalue weighted by molar-refractivity contribution is 0.826. The molecular weight excluding hydrogens is 196 g/mol. The van der Waals surface area contributed by atoms with Crippen LogP contribution >= 0.6 is 12.4 Å². The van der Waals surface area contributed by atoms with Crippen molar-refractivity contribution in [1.29, 1.82) is 0 Å². The molecule has 0 aliphatic carbocycles. The highest BCUT2D eigenvalue weighted by Gasteiger charge is 2.03. The van der Waals surface area contributed by atoms with Gasteiger partial charge in [-0.1, -0.05) is 18.2 Å². The summed E-state index contributed by atoms with van der Waals surface area (Å²) in [6.07, 6.45) is 3.67. The molecule has 0 amide bonds. The van der Waals surface area contributed by atoms with Gasteiger partial charge in [-0.2, -0.15) is 0 Å². The van der Waals surface area contributed by atoms with E-state index < -0.39 is 0 Å². The highest BCUT2D eigenvalue weighted by Crippen LogP contribution is 2.21. The minimum Gasteiger partial charge on any atom is -0.324 e. The number of aromatic nitrogens is 1. The second kappa shape index (κ2) is 4.40.